The third-order valence-electron chi connectivity index (χ3n) is 6.45. The highest BCUT2D eigenvalue weighted by atomic mass is 32.2. The van der Waals surface area contributed by atoms with Gasteiger partial charge in [0.05, 0.1) is 17.7 Å². The largest absolute Gasteiger partial charge is 0.467 e. The molecule has 0 aliphatic carbocycles. The quantitative estimate of drug-likeness (QED) is 0.142. The molecule has 0 radical (unpaired) electrons. The van der Waals surface area contributed by atoms with E-state index in [1.807, 2.05) is 32.0 Å². The number of nitrogens with one attached hydrogen (secondary N) is 2. The van der Waals surface area contributed by atoms with Crippen LogP contribution >= 0.6 is 11.8 Å². The lowest BCUT2D eigenvalue weighted by molar-refractivity contribution is -0.384. The molecule has 206 valence electrons. The molecule has 10 nitrogen and oxygen atoms in total. The molecule has 0 saturated carbocycles. The van der Waals surface area contributed by atoms with E-state index in [0.717, 1.165) is 27.8 Å². The predicted octanol–water partition coefficient (Wildman–Crippen LogP) is 6.04. The summed E-state index contributed by atoms with van der Waals surface area (Å²) in [4.78, 5) is 52.0. The number of benzene rings is 3. The van der Waals surface area contributed by atoms with Gasteiger partial charge in [0.25, 0.3) is 23.4 Å². The van der Waals surface area contributed by atoms with Gasteiger partial charge in [-0.25, -0.2) is 0 Å². The molecule has 3 amide bonds. The molecule has 0 fully saturated rings. The van der Waals surface area contributed by atoms with E-state index >= 15 is 0 Å². The number of nitro groups is 1. The highest BCUT2D eigenvalue weighted by Crippen LogP contribution is 2.37. The van der Waals surface area contributed by atoms with Crippen LogP contribution in [0.15, 0.2) is 105 Å². The van der Waals surface area contributed by atoms with Gasteiger partial charge in [0.2, 0.25) is 0 Å². The number of imide groups is 1. The van der Waals surface area contributed by atoms with Crippen molar-refractivity contribution in [2.24, 2.45) is 0 Å². The van der Waals surface area contributed by atoms with E-state index in [1.54, 1.807) is 36.4 Å². The summed E-state index contributed by atoms with van der Waals surface area (Å²) in [7, 11) is 0. The zero-order chi connectivity index (χ0) is 29.1. The number of anilines is 2. The molecule has 1 aliphatic rings. The van der Waals surface area contributed by atoms with E-state index in [2.05, 4.69) is 10.6 Å². The first-order valence-electron chi connectivity index (χ1n) is 12.5. The standard InChI is InChI=1S/C30H24N4O6S/c1-18-8-11-22(15-19(18)2)31-26-27(30(37)33(29(26)36)17-24-6-4-14-40-24)41-25-7-3-5-21(16-25)32-28(35)20-9-12-23(13-10-20)34(38)39/h3-16,31H,17H2,1-2H3,(H,32,35). The highest BCUT2D eigenvalue weighted by molar-refractivity contribution is 8.04. The normalized spacial score (nSPS) is 13.1. The number of hydrogen-bond acceptors (Lipinski definition) is 8. The molecule has 4 aromatic rings. The van der Waals surface area contributed by atoms with Crippen LogP contribution in [0.25, 0.3) is 0 Å². The van der Waals surface area contributed by atoms with Gasteiger partial charge in [0.15, 0.2) is 0 Å². The van der Waals surface area contributed by atoms with Gasteiger partial charge in [0.1, 0.15) is 16.4 Å². The molecule has 0 spiro atoms. The van der Waals surface area contributed by atoms with Crippen molar-refractivity contribution in [3.05, 3.63) is 128 Å². The molecule has 2 N–H and O–H groups in total. The van der Waals surface area contributed by atoms with Crippen LogP contribution in [0.5, 0.6) is 0 Å². The molecular weight excluding hydrogens is 544 g/mol. The van der Waals surface area contributed by atoms with Gasteiger partial charge in [0, 0.05) is 34.0 Å². The highest BCUT2D eigenvalue weighted by Gasteiger charge is 2.39. The van der Waals surface area contributed by atoms with Crippen molar-refractivity contribution in [3.63, 3.8) is 0 Å². The van der Waals surface area contributed by atoms with E-state index in [4.69, 9.17) is 4.42 Å². The van der Waals surface area contributed by atoms with E-state index in [9.17, 15) is 24.5 Å². The Morgan fingerprint density at radius 2 is 1.71 bits per heavy atom. The maximum Gasteiger partial charge on any atom is 0.278 e. The first kappa shape index (κ1) is 27.4. The van der Waals surface area contributed by atoms with E-state index in [-0.39, 0.29) is 28.4 Å². The van der Waals surface area contributed by atoms with Gasteiger partial charge in [-0.05, 0) is 79.6 Å². The van der Waals surface area contributed by atoms with Crippen molar-refractivity contribution in [1.29, 1.82) is 0 Å². The van der Waals surface area contributed by atoms with Crippen LogP contribution in [0.4, 0.5) is 17.1 Å². The number of furan rings is 1. The first-order valence-corrected chi connectivity index (χ1v) is 13.3. The summed E-state index contributed by atoms with van der Waals surface area (Å²) < 4.78 is 5.37. The summed E-state index contributed by atoms with van der Waals surface area (Å²) in [5, 5.41) is 16.8. The molecule has 11 heteroatoms. The van der Waals surface area contributed by atoms with Crippen LogP contribution in [0.3, 0.4) is 0 Å². The van der Waals surface area contributed by atoms with Gasteiger partial charge in [-0.1, -0.05) is 23.9 Å². The van der Waals surface area contributed by atoms with E-state index in [0.29, 0.717) is 22.0 Å². The van der Waals surface area contributed by atoms with Crippen LogP contribution < -0.4 is 10.6 Å². The Labute approximate surface area is 239 Å². The third-order valence-corrected chi connectivity index (χ3v) is 7.52. The Balaban J connectivity index is 1.40. The molecule has 41 heavy (non-hydrogen) atoms. The number of nitrogens with zero attached hydrogens (tertiary/aromatic N) is 2. The molecule has 1 aromatic heterocycles. The van der Waals surface area contributed by atoms with Gasteiger partial charge < -0.3 is 15.1 Å². The Morgan fingerprint density at radius 1 is 0.927 bits per heavy atom. The number of carbonyl (C=O) groups is 3. The third kappa shape index (κ3) is 6.04. The summed E-state index contributed by atoms with van der Waals surface area (Å²) in [6.07, 6.45) is 1.48. The van der Waals surface area contributed by atoms with Crippen LogP contribution in [0, 0.1) is 24.0 Å². The second-order valence-electron chi connectivity index (χ2n) is 9.29. The number of carbonyl (C=O) groups excluding carboxylic acids is 3. The van der Waals surface area contributed by atoms with Crippen molar-refractivity contribution in [1.82, 2.24) is 4.90 Å². The summed E-state index contributed by atoms with van der Waals surface area (Å²) in [5.74, 6) is -0.924. The minimum absolute atomic E-state index is 0.0157. The minimum Gasteiger partial charge on any atom is -0.467 e. The Hall–Kier alpha value is -5.16. The molecule has 0 saturated heterocycles. The molecule has 1 aliphatic heterocycles. The fraction of sp³-hybridized carbons (Fsp3) is 0.100. The minimum atomic E-state index is -0.537. The maximum atomic E-state index is 13.5. The molecule has 0 atom stereocenters. The number of non-ortho nitro benzene ring substituents is 1. The average molecular weight is 569 g/mol. The number of nitro benzene ring substituents is 1. The van der Waals surface area contributed by atoms with E-state index < -0.39 is 22.6 Å². The maximum absolute atomic E-state index is 13.5. The van der Waals surface area contributed by atoms with Crippen molar-refractivity contribution >= 4 is 46.5 Å². The lowest BCUT2D eigenvalue weighted by Gasteiger charge is -2.14. The molecular formula is C30H24N4O6S. The van der Waals surface area contributed by atoms with Crippen LogP contribution in [0.2, 0.25) is 0 Å². The van der Waals surface area contributed by atoms with Crippen molar-refractivity contribution in [2.45, 2.75) is 25.3 Å². The molecule has 5 rings (SSSR count). The second kappa shape index (κ2) is 11.5. The number of thioether (sulfide) groups is 1. The lowest BCUT2D eigenvalue weighted by atomic mass is 10.1. The monoisotopic (exact) mass is 568 g/mol. The topological polar surface area (TPSA) is 135 Å². The molecule has 0 bridgehead atoms. The number of hydrogen-bond donors (Lipinski definition) is 2. The van der Waals surface area contributed by atoms with Gasteiger partial charge in [-0.2, -0.15) is 0 Å². The van der Waals surface area contributed by atoms with Crippen molar-refractivity contribution in [3.8, 4) is 0 Å². The number of aryl methyl sites for hydroxylation is 2. The average Bonchev–Trinajstić information content (AvgIpc) is 3.55. The van der Waals surface area contributed by atoms with Gasteiger partial charge >= 0.3 is 0 Å². The zero-order valence-electron chi connectivity index (χ0n) is 22.0. The Morgan fingerprint density at radius 3 is 2.39 bits per heavy atom. The molecule has 0 unspecified atom stereocenters. The SMILES string of the molecule is Cc1ccc(NC2=C(Sc3cccc(NC(=O)c4ccc([N+](=O)[O-])cc4)c3)C(=O)N(Cc3ccco3)C2=O)cc1C. The van der Waals surface area contributed by atoms with E-state index in [1.165, 1.54) is 30.5 Å². The Bertz CT molecular complexity index is 1700. The summed E-state index contributed by atoms with van der Waals surface area (Å²) >= 11 is 1.10. The van der Waals surface area contributed by atoms with Crippen LogP contribution in [-0.4, -0.2) is 27.5 Å². The second-order valence-corrected chi connectivity index (χ2v) is 10.4. The predicted molar refractivity (Wildman–Crippen MR) is 154 cm³/mol. The first-order chi connectivity index (χ1) is 19.7. The van der Waals surface area contributed by atoms with Crippen molar-refractivity contribution in [2.75, 3.05) is 10.6 Å². The fourth-order valence-corrected chi connectivity index (χ4v) is 5.12. The van der Waals surface area contributed by atoms with Gasteiger partial charge in [-0.15, -0.1) is 0 Å². The smallest absolute Gasteiger partial charge is 0.278 e. The summed E-state index contributed by atoms with van der Waals surface area (Å²) in [6.45, 7) is 3.94. The van der Waals surface area contributed by atoms with Gasteiger partial charge in [-0.3, -0.25) is 29.4 Å². The van der Waals surface area contributed by atoms with Crippen molar-refractivity contribution < 1.29 is 23.7 Å². The zero-order valence-corrected chi connectivity index (χ0v) is 22.9. The lowest BCUT2D eigenvalue weighted by Crippen LogP contribution is -2.31. The summed E-state index contributed by atoms with van der Waals surface area (Å²) in [6, 6.07) is 21.2. The number of rotatable bonds is 9. The summed E-state index contributed by atoms with van der Waals surface area (Å²) in [5.41, 5.74) is 3.54. The van der Waals surface area contributed by atoms with Crippen LogP contribution in [-0.2, 0) is 16.1 Å². The molecule has 2 heterocycles. The molecule has 3 aromatic carbocycles. The van der Waals surface area contributed by atoms with Crippen LogP contribution in [0.1, 0.15) is 27.2 Å². The fourth-order valence-electron chi connectivity index (χ4n) is 4.12. The Kier molecular flexibility index (Phi) is 7.70. The number of amides is 3.